The summed E-state index contributed by atoms with van der Waals surface area (Å²) in [6, 6.07) is 9.32. The number of fused-ring (bicyclic) bond motifs is 1. The highest BCUT2D eigenvalue weighted by Crippen LogP contribution is 2.45. The average Bonchev–Trinajstić information content (AvgIpc) is 3.19. The molecule has 2 fully saturated rings. The molecule has 5 atom stereocenters. The van der Waals surface area contributed by atoms with Gasteiger partial charge in [0.05, 0.1) is 11.9 Å². The molecule has 28 heavy (non-hydrogen) atoms. The Morgan fingerprint density at radius 2 is 2.11 bits per heavy atom. The van der Waals surface area contributed by atoms with Crippen molar-refractivity contribution in [3.05, 3.63) is 54.3 Å². The van der Waals surface area contributed by atoms with Crippen LogP contribution in [-0.2, 0) is 9.53 Å². The van der Waals surface area contributed by atoms with Gasteiger partial charge in [-0.3, -0.25) is 4.79 Å². The van der Waals surface area contributed by atoms with Gasteiger partial charge in [0.1, 0.15) is 24.6 Å². The lowest BCUT2D eigenvalue weighted by Gasteiger charge is -2.16. The number of aliphatic carboxylic acids is 1. The monoisotopic (exact) mass is 388 g/mol. The molecule has 1 saturated carbocycles. The van der Waals surface area contributed by atoms with Crippen LogP contribution in [0.3, 0.4) is 0 Å². The molecular formula is C22H28O6. The number of para-hydroxylation sites is 1. The summed E-state index contributed by atoms with van der Waals surface area (Å²) in [7, 11) is 0. The number of aliphatic hydroxyl groups excluding tert-OH is 2. The van der Waals surface area contributed by atoms with Crippen molar-refractivity contribution in [2.24, 2.45) is 11.8 Å². The normalized spacial score (nSPS) is 29.0. The number of ether oxygens (including phenoxy) is 2. The zero-order valence-corrected chi connectivity index (χ0v) is 15.8. The van der Waals surface area contributed by atoms with Gasteiger partial charge in [0.25, 0.3) is 0 Å². The fourth-order valence-electron chi connectivity index (χ4n) is 3.91. The molecule has 1 aromatic carbocycles. The molecule has 3 rings (SSSR count). The summed E-state index contributed by atoms with van der Waals surface area (Å²) < 4.78 is 11.5. The molecule has 0 aromatic heterocycles. The third-order valence-corrected chi connectivity index (χ3v) is 5.32. The van der Waals surface area contributed by atoms with Crippen LogP contribution in [0.1, 0.15) is 32.1 Å². The second-order valence-electron chi connectivity index (χ2n) is 7.44. The van der Waals surface area contributed by atoms with Gasteiger partial charge >= 0.3 is 5.97 Å². The summed E-state index contributed by atoms with van der Waals surface area (Å²) in [5, 5.41) is 29.2. The van der Waals surface area contributed by atoms with Gasteiger partial charge in [-0.25, -0.2) is 0 Å². The van der Waals surface area contributed by atoms with Crippen molar-refractivity contribution in [2.45, 2.75) is 50.4 Å². The molecule has 1 aromatic rings. The summed E-state index contributed by atoms with van der Waals surface area (Å²) in [5.41, 5.74) is 0. The number of hydrogen-bond acceptors (Lipinski definition) is 5. The van der Waals surface area contributed by atoms with Crippen LogP contribution in [0.4, 0.5) is 0 Å². The molecule has 1 heterocycles. The van der Waals surface area contributed by atoms with Gasteiger partial charge in [0.2, 0.25) is 0 Å². The van der Waals surface area contributed by atoms with Crippen LogP contribution in [0.2, 0.25) is 0 Å². The first kappa shape index (κ1) is 20.4. The van der Waals surface area contributed by atoms with Gasteiger partial charge in [0.15, 0.2) is 0 Å². The molecule has 0 radical (unpaired) electrons. The van der Waals surface area contributed by atoms with E-state index in [1.54, 1.807) is 6.08 Å². The lowest BCUT2D eigenvalue weighted by molar-refractivity contribution is -0.137. The highest BCUT2D eigenvalue weighted by Gasteiger charge is 2.46. The predicted octanol–water partition coefficient (Wildman–Crippen LogP) is 2.91. The molecule has 0 unspecified atom stereocenters. The molecule has 6 nitrogen and oxygen atoms in total. The molecule has 152 valence electrons. The first-order chi connectivity index (χ1) is 13.5. The number of aliphatic hydroxyl groups is 2. The van der Waals surface area contributed by atoms with Crippen LogP contribution in [-0.4, -0.2) is 46.2 Å². The molecule has 0 amide bonds. The topological polar surface area (TPSA) is 96.2 Å². The van der Waals surface area contributed by atoms with Crippen LogP contribution in [0, 0.1) is 11.8 Å². The molecule has 0 bridgehead atoms. The predicted molar refractivity (Wildman–Crippen MR) is 104 cm³/mol. The Bertz CT molecular complexity index is 698. The minimum Gasteiger partial charge on any atom is -0.495 e. The number of rotatable bonds is 9. The molecular weight excluding hydrogens is 360 g/mol. The maximum atomic E-state index is 10.6. The molecule has 6 heteroatoms. The number of unbranched alkanes of at least 4 members (excludes halogenated alkanes) is 1. The minimum atomic E-state index is -0.786. The molecule has 3 N–H and O–H groups in total. The first-order valence-corrected chi connectivity index (χ1v) is 9.82. The van der Waals surface area contributed by atoms with Crippen molar-refractivity contribution in [1.82, 2.24) is 0 Å². The summed E-state index contributed by atoms with van der Waals surface area (Å²) in [6.07, 6.45) is 7.02. The molecule has 1 aliphatic heterocycles. The SMILES string of the molecule is O=C(O)CCCC=C1C[C@@H]2[C@@H](C=C[C@@H](O)COc3ccccc3)[C@H](O)C[C@@H]2O1. The molecule has 2 aliphatic rings. The van der Waals surface area contributed by atoms with Gasteiger partial charge in [-0.1, -0.05) is 30.4 Å². The van der Waals surface area contributed by atoms with E-state index in [4.69, 9.17) is 14.6 Å². The van der Waals surface area contributed by atoms with Gasteiger partial charge in [-0.2, -0.15) is 0 Å². The van der Waals surface area contributed by atoms with E-state index < -0.39 is 18.2 Å². The minimum absolute atomic E-state index is 0.0203. The Labute approximate surface area is 165 Å². The van der Waals surface area contributed by atoms with Crippen molar-refractivity contribution in [2.75, 3.05) is 6.61 Å². The van der Waals surface area contributed by atoms with Crippen molar-refractivity contribution >= 4 is 5.97 Å². The van der Waals surface area contributed by atoms with E-state index in [-0.39, 0.29) is 31.0 Å². The van der Waals surface area contributed by atoms with E-state index in [1.165, 1.54) is 0 Å². The second kappa shape index (κ2) is 9.75. The number of carboxylic acid groups (broad SMARTS) is 1. The summed E-state index contributed by atoms with van der Waals surface area (Å²) in [6.45, 7) is 0.155. The van der Waals surface area contributed by atoms with E-state index in [0.717, 1.165) is 12.2 Å². The lowest BCUT2D eigenvalue weighted by Crippen LogP contribution is -2.19. The van der Waals surface area contributed by atoms with Gasteiger partial charge in [-0.15, -0.1) is 0 Å². The maximum absolute atomic E-state index is 10.6. The number of hydrogen-bond donors (Lipinski definition) is 3. The van der Waals surface area contributed by atoms with Crippen molar-refractivity contribution < 1.29 is 29.6 Å². The summed E-state index contributed by atoms with van der Waals surface area (Å²) >= 11 is 0. The van der Waals surface area contributed by atoms with Crippen LogP contribution < -0.4 is 4.74 Å². The number of allylic oxidation sites excluding steroid dienone is 2. The van der Waals surface area contributed by atoms with Gasteiger partial charge in [-0.05, 0) is 31.1 Å². The standard InChI is InChI=1S/C22H28O6/c23-15(14-27-16-6-2-1-3-7-16)10-11-18-19-12-17(8-4-5-9-22(25)26)28-21(19)13-20(18)24/h1-3,6-8,10-11,15,18-21,23-24H,4-5,9,12-14H2,(H,25,26)/t15-,18-,19-,20-,21+/m1/s1. The highest BCUT2D eigenvalue weighted by atomic mass is 16.5. The summed E-state index contributed by atoms with van der Waals surface area (Å²) in [4.78, 5) is 10.6. The Morgan fingerprint density at radius 1 is 1.32 bits per heavy atom. The highest BCUT2D eigenvalue weighted by molar-refractivity contribution is 5.66. The Kier molecular flexibility index (Phi) is 7.12. The van der Waals surface area contributed by atoms with E-state index in [2.05, 4.69) is 0 Å². The first-order valence-electron chi connectivity index (χ1n) is 9.82. The largest absolute Gasteiger partial charge is 0.495 e. The van der Waals surface area contributed by atoms with Crippen LogP contribution in [0.5, 0.6) is 5.75 Å². The number of carboxylic acids is 1. The van der Waals surface area contributed by atoms with Crippen LogP contribution in [0.25, 0.3) is 0 Å². The quantitative estimate of drug-likeness (QED) is 0.445. The van der Waals surface area contributed by atoms with E-state index in [0.29, 0.717) is 25.0 Å². The third kappa shape index (κ3) is 5.59. The van der Waals surface area contributed by atoms with Crippen molar-refractivity contribution in [1.29, 1.82) is 0 Å². The third-order valence-electron chi connectivity index (χ3n) is 5.32. The van der Waals surface area contributed by atoms with Crippen molar-refractivity contribution in [3.63, 3.8) is 0 Å². The zero-order chi connectivity index (χ0) is 19.9. The molecule has 1 saturated heterocycles. The average molecular weight is 388 g/mol. The lowest BCUT2D eigenvalue weighted by atomic mass is 9.90. The smallest absolute Gasteiger partial charge is 0.303 e. The fraction of sp³-hybridized carbons (Fsp3) is 0.500. The molecule has 1 aliphatic carbocycles. The van der Waals surface area contributed by atoms with Crippen LogP contribution >= 0.6 is 0 Å². The molecule has 0 spiro atoms. The van der Waals surface area contributed by atoms with E-state index in [9.17, 15) is 15.0 Å². The van der Waals surface area contributed by atoms with Crippen LogP contribution in [0.15, 0.2) is 54.3 Å². The number of benzene rings is 1. The Morgan fingerprint density at radius 3 is 2.86 bits per heavy atom. The zero-order valence-electron chi connectivity index (χ0n) is 15.8. The van der Waals surface area contributed by atoms with E-state index >= 15 is 0 Å². The summed E-state index contributed by atoms with van der Waals surface area (Å²) in [5.74, 6) is 0.919. The Hall–Kier alpha value is -2.31. The fourth-order valence-corrected chi connectivity index (χ4v) is 3.91. The van der Waals surface area contributed by atoms with Gasteiger partial charge < -0.3 is 24.8 Å². The van der Waals surface area contributed by atoms with Crippen molar-refractivity contribution in [3.8, 4) is 5.75 Å². The number of carbonyl (C=O) groups is 1. The van der Waals surface area contributed by atoms with Gasteiger partial charge in [0, 0.05) is 31.1 Å². The Balaban J connectivity index is 1.49. The van der Waals surface area contributed by atoms with E-state index in [1.807, 2.05) is 42.5 Å². The maximum Gasteiger partial charge on any atom is 0.303 e. The second-order valence-corrected chi connectivity index (χ2v) is 7.44.